The summed E-state index contributed by atoms with van der Waals surface area (Å²) in [5.41, 5.74) is 4.27. The molecular weight excluding hydrogens is 510 g/mol. The molecule has 3 aromatic rings. The van der Waals surface area contributed by atoms with E-state index in [2.05, 4.69) is 54.5 Å². The summed E-state index contributed by atoms with van der Waals surface area (Å²) in [4.78, 5) is 23.6. The molecule has 8 heteroatoms. The molecule has 38 heavy (non-hydrogen) atoms. The first-order valence-corrected chi connectivity index (χ1v) is 14.3. The number of rotatable bonds is 6. The van der Waals surface area contributed by atoms with Gasteiger partial charge in [0.25, 0.3) is 5.91 Å². The Kier molecular flexibility index (Phi) is 7.77. The van der Waals surface area contributed by atoms with Crippen LogP contribution >= 0.6 is 23.5 Å². The molecule has 3 aromatic carbocycles. The van der Waals surface area contributed by atoms with Gasteiger partial charge in [-0.3, -0.25) is 9.69 Å². The van der Waals surface area contributed by atoms with Gasteiger partial charge in [0.2, 0.25) is 0 Å². The molecule has 6 nitrogen and oxygen atoms in total. The molecule has 2 fully saturated rings. The lowest BCUT2D eigenvalue weighted by molar-refractivity contribution is -0.122. The molecule has 2 atom stereocenters. The predicted octanol–water partition coefficient (Wildman–Crippen LogP) is 6.73. The Balaban J connectivity index is 1.57. The highest BCUT2D eigenvalue weighted by Crippen LogP contribution is 2.51. The van der Waals surface area contributed by atoms with Gasteiger partial charge >= 0.3 is 0 Å². The second-order valence-corrected chi connectivity index (χ2v) is 11.5. The largest absolute Gasteiger partial charge is 0.384 e. The average molecular weight is 540 g/mol. The van der Waals surface area contributed by atoms with Crippen LogP contribution < -0.4 is 5.32 Å². The van der Waals surface area contributed by atoms with E-state index < -0.39 is 0 Å². The van der Waals surface area contributed by atoms with Gasteiger partial charge in [0.1, 0.15) is 4.91 Å². The van der Waals surface area contributed by atoms with Crippen molar-refractivity contribution in [3.05, 3.63) is 105 Å². The number of aliphatic imine (C=N–C) groups is 1. The van der Waals surface area contributed by atoms with Gasteiger partial charge in [-0.25, -0.2) is 4.99 Å². The third kappa shape index (κ3) is 5.17. The van der Waals surface area contributed by atoms with Gasteiger partial charge in [0, 0.05) is 18.8 Å². The molecule has 2 heterocycles. The van der Waals surface area contributed by atoms with Crippen LogP contribution in [0.2, 0.25) is 0 Å². The first-order valence-electron chi connectivity index (χ1n) is 12.6. The Morgan fingerprint density at radius 3 is 2.45 bits per heavy atom. The van der Waals surface area contributed by atoms with E-state index in [-0.39, 0.29) is 17.2 Å². The van der Waals surface area contributed by atoms with Crippen molar-refractivity contribution in [2.24, 2.45) is 4.99 Å². The van der Waals surface area contributed by atoms with Crippen molar-refractivity contribution >= 4 is 46.0 Å². The summed E-state index contributed by atoms with van der Waals surface area (Å²) < 4.78 is 0. The maximum Gasteiger partial charge on any atom is 0.269 e. The molecule has 2 unspecified atom stereocenters. The minimum absolute atomic E-state index is 0.0469. The molecule has 0 bridgehead atoms. The van der Waals surface area contributed by atoms with E-state index >= 15 is 0 Å². The number of thioether (sulfide) groups is 2. The van der Waals surface area contributed by atoms with Crippen LogP contribution in [-0.2, 0) is 11.3 Å². The third-order valence-corrected chi connectivity index (χ3v) is 9.11. The molecule has 0 aliphatic carbocycles. The van der Waals surface area contributed by atoms with E-state index in [0.717, 1.165) is 22.8 Å². The first kappa shape index (κ1) is 26.0. The lowest BCUT2D eigenvalue weighted by atomic mass is 10.0. The number of amides is 1. The number of nitriles is 1. The minimum Gasteiger partial charge on any atom is -0.384 e. The van der Waals surface area contributed by atoms with Crippen molar-refractivity contribution in [1.29, 1.82) is 5.26 Å². The lowest BCUT2D eigenvalue weighted by Crippen LogP contribution is -2.29. The Morgan fingerprint density at radius 1 is 1.05 bits per heavy atom. The molecule has 2 aliphatic heterocycles. The van der Waals surface area contributed by atoms with Crippen LogP contribution in [-0.4, -0.2) is 39.7 Å². The van der Waals surface area contributed by atoms with Crippen LogP contribution in [0.4, 0.5) is 11.4 Å². The van der Waals surface area contributed by atoms with Crippen molar-refractivity contribution < 1.29 is 4.79 Å². The van der Waals surface area contributed by atoms with Gasteiger partial charge in [-0.2, -0.15) is 5.26 Å². The summed E-state index contributed by atoms with van der Waals surface area (Å²) in [7, 11) is 2.07. The van der Waals surface area contributed by atoms with Crippen LogP contribution in [0.3, 0.4) is 0 Å². The van der Waals surface area contributed by atoms with E-state index in [1.807, 2.05) is 49.4 Å². The Bertz CT molecular complexity index is 1430. The Labute approximate surface area is 232 Å². The molecule has 5 rings (SSSR count). The van der Waals surface area contributed by atoms with E-state index in [4.69, 9.17) is 4.99 Å². The monoisotopic (exact) mass is 539 g/mol. The molecular formula is C30H29N5OS2. The van der Waals surface area contributed by atoms with Crippen molar-refractivity contribution in [2.45, 2.75) is 31.7 Å². The molecule has 2 saturated heterocycles. The zero-order valence-electron chi connectivity index (χ0n) is 21.6. The number of nitrogens with zero attached hydrogens (tertiary/aromatic N) is 4. The van der Waals surface area contributed by atoms with Gasteiger partial charge in [-0.05, 0) is 48.0 Å². The van der Waals surface area contributed by atoms with E-state index in [0.29, 0.717) is 27.9 Å². The highest BCUT2D eigenvalue weighted by atomic mass is 32.2. The molecule has 2 aliphatic rings. The Hall–Kier alpha value is -3.67. The van der Waals surface area contributed by atoms with Crippen LogP contribution in [0.5, 0.6) is 0 Å². The first-order chi connectivity index (χ1) is 18.5. The standard InChI is InChI=1S/C30H29N5OS2/c1-4-32-24-16-15-22(18-31)17-25(24)33-30-35(19-21-11-7-5-8-12-21)28(36)27(38-30)29-34(3)26(20(2)37-29)23-13-9-6-10-14-23/h5-17,20,26,32H,4,19H2,1-3H3. The maximum absolute atomic E-state index is 14.0. The smallest absolute Gasteiger partial charge is 0.269 e. The van der Waals surface area contributed by atoms with E-state index in [1.165, 1.54) is 17.3 Å². The van der Waals surface area contributed by atoms with Crippen molar-refractivity contribution in [3.63, 3.8) is 0 Å². The highest BCUT2D eigenvalue weighted by Gasteiger charge is 2.42. The summed E-state index contributed by atoms with van der Waals surface area (Å²) in [6, 6.07) is 28.2. The summed E-state index contributed by atoms with van der Waals surface area (Å²) in [6.45, 7) is 5.37. The molecule has 0 aromatic heterocycles. The fourth-order valence-electron chi connectivity index (χ4n) is 4.78. The summed E-state index contributed by atoms with van der Waals surface area (Å²) in [6.07, 6.45) is 0. The second kappa shape index (κ2) is 11.4. The predicted molar refractivity (Wildman–Crippen MR) is 158 cm³/mol. The number of benzene rings is 3. The van der Waals surface area contributed by atoms with Crippen molar-refractivity contribution in [1.82, 2.24) is 9.80 Å². The normalized spacial score (nSPS) is 22.3. The maximum atomic E-state index is 14.0. The van der Waals surface area contributed by atoms with Crippen LogP contribution in [0.1, 0.15) is 36.6 Å². The number of hydrogen-bond acceptors (Lipinski definition) is 7. The van der Waals surface area contributed by atoms with Crippen LogP contribution in [0.25, 0.3) is 0 Å². The van der Waals surface area contributed by atoms with Gasteiger partial charge in [-0.15, -0.1) is 11.8 Å². The molecule has 1 N–H and O–H groups in total. The number of carbonyl (C=O) groups excluding carboxylic acids is 1. The minimum atomic E-state index is -0.0469. The summed E-state index contributed by atoms with van der Waals surface area (Å²) in [5.74, 6) is -0.0469. The average Bonchev–Trinajstić information content (AvgIpc) is 3.40. The summed E-state index contributed by atoms with van der Waals surface area (Å²) >= 11 is 3.15. The number of anilines is 1. The number of hydrogen-bond donors (Lipinski definition) is 1. The molecule has 0 radical (unpaired) electrons. The lowest BCUT2D eigenvalue weighted by Gasteiger charge is -2.24. The third-order valence-electron chi connectivity index (χ3n) is 6.57. The van der Waals surface area contributed by atoms with Gasteiger partial charge < -0.3 is 10.2 Å². The van der Waals surface area contributed by atoms with Crippen molar-refractivity contribution in [3.8, 4) is 6.07 Å². The molecule has 192 valence electrons. The van der Waals surface area contributed by atoms with Crippen LogP contribution in [0.15, 0.2) is 93.8 Å². The quantitative estimate of drug-likeness (QED) is 0.350. The van der Waals surface area contributed by atoms with Gasteiger partial charge in [-0.1, -0.05) is 67.6 Å². The van der Waals surface area contributed by atoms with Gasteiger partial charge in [0.15, 0.2) is 5.17 Å². The number of carbonyl (C=O) groups is 1. The van der Waals surface area contributed by atoms with Gasteiger partial charge in [0.05, 0.1) is 40.6 Å². The SMILES string of the molecule is CCNc1ccc(C#N)cc1N=C1SC(=C2SC(C)C(c3ccccc3)N2C)C(=O)N1Cc1ccccc1. The molecule has 0 spiro atoms. The second-order valence-electron chi connectivity index (χ2n) is 9.17. The van der Waals surface area contributed by atoms with Crippen molar-refractivity contribution in [2.75, 3.05) is 18.9 Å². The Morgan fingerprint density at radius 2 is 1.76 bits per heavy atom. The molecule has 0 saturated carbocycles. The number of amidine groups is 1. The fraction of sp³-hybridized carbons (Fsp3) is 0.233. The zero-order chi connectivity index (χ0) is 26.6. The van der Waals surface area contributed by atoms with E-state index in [9.17, 15) is 10.1 Å². The summed E-state index contributed by atoms with van der Waals surface area (Å²) in [5, 5.41) is 14.7. The number of nitrogens with one attached hydrogen (secondary N) is 1. The fourth-order valence-corrected chi connectivity index (χ4v) is 7.36. The van der Waals surface area contributed by atoms with E-state index in [1.54, 1.807) is 28.8 Å². The highest BCUT2D eigenvalue weighted by molar-refractivity contribution is 8.19. The van der Waals surface area contributed by atoms with Crippen LogP contribution in [0, 0.1) is 11.3 Å². The molecule has 1 amide bonds. The topological polar surface area (TPSA) is 71.7 Å². The zero-order valence-corrected chi connectivity index (χ0v) is 23.2.